The third-order valence-corrected chi connectivity index (χ3v) is 1.23. The van der Waals surface area contributed by atoms with Gasteiger partial charge in [0.25, 0.3) is 0 Å². The zero-order chi connectivity index (χ0) is 9.90. The first kappa shape index (κ1) is 3.86. The molecule has 1 rings (SSSR count). The molecule has 0 aliphatic carbocycles. The van der Waals surface area contributed by atoms with Crippen molar-refractivity contribution in [3.05, 3.63) is 24.3 Å². The van der Waals surface area contributed by atoms with E-state index >= 15 is 0 Å². The van der Waals surface area contributed by atoms with Crippen LogP contribution in [0.3, 0.4) is 0 Å². The highest BCUT2D eigenvalue weighted by Crippen LogP contribution is 2.13. The summed E-state index contributed by atoms with van der Waals surface area (Å²) in [4.78, 5) is 0. The minimum Gasteiger partial charge on any atom is -0.497 e. The normalized spacial score (nSPS) is 14.7. The molecule has 1 aromatic rings. The molecule has 1 N–H and O–H groups in total. The summed E-state index contributed by atoms with van der Waals surface area (Å²) in [5.74, 6) is 0.705. The average Bonchev–Trinajstić information content (AvgIpc) is 2.03. The maximum atomic E-state index is 6.96. The highest BCUT2D eigenvalue weighted by Gasteiger charge is 1.88. The predicted molar refractivity (Wildman–Crippen MR) is 42.5 cm³/mol. The topological polar surface area (TPSA) is 21.3 Å². The van der Waals surface area contributed by atoms with Crippen LogP contribution in [0.2, 0.25) is 0 Å². The third kappa shape index (κ3) is 1.41. The van der Waals surface area contributed by atoms with Crippen molar-refractivity contribution in [1.29, 1.82) is 0 Å². The lowest BCUT2D eigenvalue weighted by molar-refractivity contribution is 0.415. The Kier molecular flexibility index (Phi) is 1.20. The average molecular weight is 140 g/mol. The molecule has 2 nitrogen and oxygen atoms in total. The summed E-state index contributed by atoms with van der Waals surface area (Å²) in [7, 11) is 1.56. The van der Waals surface area contributed by atoms with E-state index in [1.54, 1.807) is 31.4 Å². The number of nitrogens with one attached hydrogen (secondary N) is 1. The van der Waals surface area contributed by atoms with Crippen LogP contribution in [0.25, 0.3) is 0 Å². The van der Waals surface area contributed by atoms with Gasteiger partial charge in [0.05, 0.1) is 7.11 Å². The molecule has 10 heavy (non-hydrogen) atoms. The Labute approximate surface area is 65.0 Å². The summed E-state index contributed by atoms with van der Waals surface area (Å²) in [6.07, 6.45) is 0. The minimum absolute atomic E-state index is 0.556. The second kappa shape index (κ2) is 3.11. The van der Waals surface area contributed by atoms with Gasteiger partial charge in [-0.25, -0.2) is 0 Å². The molecular formula is C8H11NO. The van der Waals surface area contributed by atoms with Crippen LogP contribution in [-0.2, 0) is 0 Å². The van der Waals surface area contributed by atoms with E-state index in [0.29, 0.717) is 11.4 Å². The van der Waals surface area contributed by atoms with Gasteiger partial charge in [-0.15, -0.1) is 0 Å². The van der Waals surface area contributed by atoms with Crippen LogP contribution in [-0.4, -0.2) is 14.1 Å². The standard InChI is InChI=1S/C8H11NO/c1-9-7-3-5-8(10-2)6-4-7/h3-6,9H,1-2H3/i1D3. The molecule has 1 aromatic carbocycles. The third-order valence-electron chi connectivity index (χ3n) is 1.23. The molecule has 2 heteroatoms. The molecule has 0 fully saturated rings. The van der Waals surface area contributed by atoms with E-state index in [9.17, 15) is 0 Å². The number of rotatable bonds is 2. The van der Waals surface area contributed by atoms with Crippen molar-refractivity contribution in [1.82, 2.24) is 0 Å². The van der Waals surface area contributed by atoms with Gasteiger partial charge in [0.2, 0.25) is 0 Å². The Morgan fingerprint density at radius 1 is 1.40 bits per heavy atom. The molecule has 0 heterocycles. The molecule has 0 saturated heterocycles. The quantitative estimate of drug-likeness (QED) is 0.675. The van der Waals surface area contributed by atoms with Crippen molar-refractivity contribution < 1.29 is 8.85 Å². The number of anilines is 1. The molecular weight excluding hydrogens is 126 g/mol. The number of hydrogen-bond donors (Lipinski definition) is 1. The van der Waals surface area contributed by atoms with Crippen LogP contribution in [0.1, 0.15) is 4.11 Å². The summed E-state index contributed by atoms with van der Waals surface area (Å²) in [5, 5.41) is 2.38. The number of methoxy groups -OCH3 is 1. The van der Waals surface area contributed by atoms with E-state index in [0.717, 1.165) is 0 Å². The summed E-state index contributed by atoms with van der Waals surface area (Å²) < 4.78 is 25.8. The maximum absolute atomic E-state index is 6.96. The molecule has 0 aliphatic heterocycles. The van der Waals surface area contributed by atoms with Crippen molar-refractivity contribution in [3.8, 4) is 5.75 Å². The summed E-state index contributed by atoms with van der Waals surface area (Å²) in [6, 6.07) is 6.72. The van der Waals surface area contributed by atoms with Crippen LogP contribution in [0.15, 0.2) is 24.3 Å². The van der Waals surface area contributed by atoms with Gasteiger partial charge in [-0.1, -0.05) is 0 Å². The van der Waals surface area contributed by atoms with Crippen LogP contribution in [0.4, 0.5) is 5.69 Å². The predicted octanol–water partition coefficient (Wildman–Crippen LogP) is 1.74. The summed E-state index contributed by atoms with van der Waals surface area (Å²) >= 11 is 0. The first-order valence-corrected chi connectivity index (χ1v) is 2.93. The lowest BCUT2D eigenvalue weighted by atomic mass is 10.3. The summed E-state index contributed by atoms with van der Waals surface area (Å²) in [6.45, 7) is -2.14. The van der Waals surface area contributed by atoms with E-state index in [-0.39, 0.29) is 0 Å². The lowest BCUT2D eigenvalue weighted by Gasteiger charge is -2.00. The fraction of sp³-hybridized carbons (Fsp3) is 0.250. The van der Waals surface area contributed by atoms with Gasteiger partial charge < -0.3 is 10.1 Å². The minimum atomic E-state index is -2.14. The molecule has 0 atom stereocenters. The van der Waals surface area contributed by atoms with E-state index < -0.39 is 6.98 Å². The van der Waals surface area contributed by atoms with Crippen LogP contribution < -0.4 is 10.1 Å². The molecule has 0 bridgehead atoms. The van der Waals surface area contributed by atoms with Gasteiger partial charge in [-0.3, -0.25) is 0 Å². The van der Waals surface area contributed by atoms with E-state index in [1.807, 2.05) is 0 Å². The van der Waals surface area contributed by atoms with Crippen molar-refractivity contribution in [3.63, 3.8) is 0 Å². The lowest BCUT2D eigenvalue weighted by Crippen LogP contribution is -1.87. The summed E-state index contributed by atoms with van der Waals surface area (Å²) in [5.41, 5.74) is 0.556. The molecule has 0 unspecified atom stereocenters. The Morgan fingerprint density at radius 3 is 2.60 bits per heavy atom. The largest absolute Gasteiger partial charge is 0.497 e. The Balaban J connectivity index is 2.70. The second-order valence-electron chi connectivity index (χ2n) is 1.85. The number of benzene rings is 1. The molecule has 54 valence electrons. The van der Waals surface area contributed by atoms with Gasteiger partial charge in [-0.05, 0) is 24.3 Å². The van der Waals surface area contributed by atoms with Gasteiger partial charge in [0, 0.05) is 16.8 Å². The van der Waals surface area contributed by atoms with Crippen molar-refractivity contribution in [2.45, 2.75) is 0 Å². The van der Waals surface area contributed by atoms with Crippen molar-refractivity contribution in [2.24, 2.45) is 0 Å². The number of hydrogen-bond acceptors (Lipinski definition) is 2. The zero-order valence-corrected chi connectivity index (χ0v) is 5.72. The van der Waals surface area contributed by atoms with E-state index in [4.69, 9.17) is 8.85 Å². The smallest absolute Gasteiger partial charge is 0.119 e. The molecule has 0 amide bonds. The first-order valence-electron chi connectivity index (χ1n) is 4.43. The Bertz CT molecular complexity index is 268. The maximum Gasteiger partial charge on any atom is 0.119 e. The van der Waals surface area contributed by atoms with Gasteiger partial charge in [0.1, 0.15) is 5.75 Å². The van der Waals surface area contributed by atoms with Gasteiger partial charge in [0.15, 0.2) is 0 Å². The fourth-order valence-corrected chi connectivity index (χ4v) is 0.674. The van der Waals surface area contributed by atoms with Crippen LogP contribution in [0, 0.1) is 0 Å². The second-order valence-corrected chi connectivity index (χ2v) is 1.85. The molecule has 0 saturated carbocycles. The zero-order valence-electron chi connectivity index (χ0n) is 8.72. The first-order chi connectivity index (χ1) is 6.01. The Morgan fingerprint density at radius 2 is 2.10 bits per heavy atom. The Hall–Kier alpha value is -1.18. The number of ether oxygens (including phenoxy) is 1. The van der Waals surface area contributed by atoms with E-state index in [1.165, 1.54) is 0 Å². The fourth-order valence-electron chi connectivity index (χ4n) is 0.674. The molecule has 0 radical (unpaired) electrons. The molecule has 0 aromatic heterocycles. The highest BCUT2D eigenvalue weighted by molar-refractivity contribution is 5.45. The van der Waals surface area contributed by atoms with Crippen molar-refractivity contribution in [2.75, 3.05) is 19.4 Å². The van der Waals surface area contributed by atoms with Crippen LogP contribution >= 0.6 is 0 Å². The highest BCUT2D eigenvalue weighted by atomic mass is 16.5. The SMILES string of the molecule is [2H]C([2H])([2H])Nc1ccc(OC)cc1. The van der Waals surface area contributed by atoms with E-state index in [2.05, 4.69) is 5.32 Å². The van der Waals surface area contributed by atoms with Gasteiger partial charge in [-0.2, -0.15) is 0 Å². The molecule has 0 aliphatic rings. The monoisotopic (exact) mass is 140 g/mol. The van der Waals surface area contributed by atoms with Gasteiger partial charge >= 0.3 is 0 Å². The van der Waals surface area contributed by atoms with Crippen LogP contribution in [0.5, 0.6) is 5.75 Å². The molecule has 0 spiro atoms. The van der Waals surface area contributed by atoms with Crippen molar-refractivity contribution >= 4 is 5.69 Å².